The number of fused-ring (bicyclic) bond motifs is 5. The van der Waals surface area contributed by atoms with Gasteiger partial charge in [0.1, 0.15) is 0 Å². The van der Waals surface area contributed by atoms with Crippen LogP contribution in [0.4, 0.5) is 0 Å². The third-order valence-electron chi connectivity index (χ3n) is 3.55. The van der Waals surface area contributed by atoms with E-state index in [-0.39, 0.29) is 29.8 Å². The lowest BCUT2D eigenvalue weighted by Gasteiger charge is -2.22. The maximum atomic E-state index is 11.8. The molecule has 3 rings (SSSR count). The van der Waals surface area contributed by atoms with Gasteiger partial charge < -0.3 is 4.74 Å². The standard InChI is InChI=1S/C10H11NO3/c1-10-4-3-5(14-10)6-7(10)9(13)11(2)8(6)12/h3-7H,1-2H3/t5-,6?,7?,10+/m0/s1. The van der Waals surface area contributed by atoms with Gasteiger partial charge in [-0.25, -0.2) is 0 Å². The Bertz CT molecular complexity index is 376. The fourth-order valence-electron chi connectivity index (χ4n) is 2.80. The average Bonchev–Trinajstić information content (AvgIpc) is 2.72. The number of imide groups is 1. The first-order valence-electron chi connectivity index (χ1n) is 4.73. The topological polar surface area (TPSA) is 46.6 Å². The third kappa shape index (κ3) is 0.661. The first-order valence-corrected chi connectivity index (χ1v) is 4.73. The summed E-state index contributed by atoms with van der Waals surface area (Å²) in [5, 5.41) is 0. The molecule has 2 fully saturated rings. The highest BCUT2D eigenvalue weighted by atomic mass is 16.5. The molecule has 2 saturated heterocycles. The number of hydrogen-bond donors (Lipinski definition) is 0. The summed E-state index contributed by atoms with van der Waals surface area (Å²) in [5.41, 5.74) is -0.549. The van der Waals surface area contributed by atoms with Gasteiger partial charge in [-0.3, -0.25) is 14.5 Å². The van der Waals surface area contributed by atoms with Crippen molar-refractivity contribution in [3.63, 3.8) is 0 Å². The molecule has 4 atom stereocenters. The van der Waals surface area contributed by atoms with Gasteiger partial charge in [0.15, 0.2) is 0 Å². The molecule has 0 radical (unpaired) electrons. The molecule has 2 bridgehead atoms. The first kappa shape index (κ1) is 8.17. The van der Waals surface area contributed by atoms with Crippen LogP contribution in [0.1, 0.15) is 6.92 Å². The molecule has 14 heavy (non-hydrogen) atoms. The lowest BCUT2D eigenvalue weighted by atomic mass is 9.78. The minimum atomic E-state index is -0.549. The minimum Gasteiger partial charge on any atom is -0.362 e. The van der Waals surface area contributed by atoms with E-state index in [1.807, 2.05) is 19.1 Å². The largest absolute Gasteiger partial charge is 0.362 e. The van der Waals surface area contributed by atoms with Gasteiger partial charge in [0.05, 0.1) is 23.5 Å². The van der Waals surface area contributed by atoms with E-state index in [1.54, 1.807) is 7.05 Å². The lowest BCUT2D eigenvalue weighted by molar-refractivity contribution is -0.142. The summed E-state index contributed by atoms with van der Waals surface area (Å²) in [7, 11) is 1.55. The zero-order valence-electron chi connectivity index (χ0n) is 8.06. The molecule has 0 aromatic heterocycles. The quantitative estimate of drug-likeness (QED) is 0.400. The zero-order valence-corrected chi connectivity index (χ0v) is 8.06. The van der Waals surface area contributed by atoms with Gasteiger partial charge in [0.25, 0.3) is 0 Å². The van der Waals surface area contributed by atoms with Crippen molar-refractivity contribution in [2.75, 3.05) is 7.05 Å². The summed E-state index contributed by atoms with van der Waals surface area (Å²) in [6.07, 6.45) is 3.61. The van der Waals surface area contributed by atoms with Crippen LogP contribution in [0.3, 0.4) is 0 Å². The van der Waals surface area contributed by atoms with Crippen molar-refractivity contribution in [3.05, 3.63) is 12.2 Å². The summed E-state index contributed by atoms with van der Waals surface area (Å²) in [6, 6.07) is 0. The van der Waals surface area contributed by atoms with E-state index in [0.29, 0.717) is 0 Å². The monoisotopic (exact) mass is 193 g/mol. The molecule has 4 heteroatoms. The Hall–Kier alpha value is -1.16. The Balaban J connectivity index is 2.13. The highest BCUT2D eigenvalue weighted by molar-refractivity contribution is 6.06. The highest BCUT2D eigenvalue weighted by Gasteiger charge is 2.64. The van der Waals surface area contributed by atoms with E-state index >= 15 is 0 Å². The number of ether oxygens (including phenoxy) is 1. The third-order valence-corrected chi connectivity index (χ3v) is 3.55. The van der Waals surface area contributed by atoms with Crippen molar-refractivity contribution in [1.29, 1.82) is 0 Å². The fraction of sp³-hybridized carbons (Fsp3) is 0.600. The molecule has 2 unspecified atom stereocenters. The SMILES string of the molecule is CN1C(=O)C2C(C1=O)[C@@]1(C)C=C[C@@H]2O1. The predicted octanol–water partition coefficient (Wildman–Crippen LogP) is -0.0553. The van der Waals surface area contributed by atoms with E-state index in [9.17, 15) is 9.59 Å². The van der Waals surface area contributed by atoms with Crippen LogP contribution in [0, 0.1) is 11.8 Å². The molecule has 3 heterocycles. The van der Waals surface area contributed by atoms with Crippen molar-refractivity contribution >= 4 is 11.8 Å². The van der Waals surface area contributed by atoms with Crippen LogP contribution >= 0.6 is 0 Å². The number of hydrogen-bond acceptors (Lipinski definition) is 3. The van der Waals surface area contributed by atoms with Gasteiger partial charge in [-0.1, -0.05) is 12.2 Å². The summed E-state index contributed by atoms with van der Waals surface area (Å²) in [6.45, 7) is 1.87. The fourth-order valence-corrected chi connectivity index (χ4v) is 2.80. The summed E-state index contributed by atoms with van der Waals surface area (Å²) < 4.78 is 5.64. The number of nitrogens with zero attached hydrogens (tertiary/aromatic N) is 1. The second-order valence-electron chi connectivity index (χ2n) is 4.36. The molecule has 4 nitrogen and oxygen atoms in total. The number of rotatable bonds is 0. The van der Waals surface area contributed by atoms with Gasteiger partial charge in [-0.15, -0.1) is 0 Å². The lowest BCUT2D eigenvalue weighted by Crippen LogP contribution is -2.36. The first-order chi connectivity index (χ1) is 6.54. The normalized spacial score (nSPS) is 49.3. The van der Waals surface area contributed by atoms with Crippen LogP contribution in [0.2, 0.25) is 0 Å². The van der Waals surface area contributed by atoms with E-state index in [0.717, 1.165) is 0 Å². The van der Waals surface area contributed by atoms with E-state index in [2.05, 4.69) is 0 Å². The van der Waals surface area contributed by atoms with Crippen molar-refractivity contribution in [3.8, 4) is 0 Å². The molecular formula is C10H11NO3. The summed E-state index contributed by atoms with van der Waals surface area (Å²) >= 11 is 0. The van der Waals surface area contributed by atoms with Gasteiger partial charge in [0.2, 0.25) is 11.8 Å². The highest BCUT2D eigenvalue weighted by Crippen LogP contribution is 2.50. The number of amides is 2. The Kier molecular flexibility index (Phi) is 1.22. The maximum Gasteiger partial charge on any atom is 0.236 e. The van der Waals surface area contributed by atoms with Crippen molar-refractivity contribution < 1.29 is 14.3 Å². The van der Waals surface area contributed by atoms with Gasteiger partial charge in [-0.2, -0.15) is 0 Å². The minimum absolute atomic E-state index is 0.0990. The zero-order chi connectivity index (χ0) is 10.1. The second-order valence-corrected chi connectivity index (χ2v) is 4.36. The maximum absolute atomic E-state index is 11.8. The molecule has 0 aromatic carbocycles. The Morgan fingerprint density at radius 1 is 1.43 bits per heavy atom. The van der Waals surface area contributed by atoms with E-state index < -0.39 is 5.60 Å². The Morgan fingerprint density at radius 2 is 2.14 bits per heavy atom. The van der Waals surface area contributed by atoms with Crippen LogP contribution in [-0.4, -0.2) is 35.5 Å². The van der Waals surface area contributed by atoms with Gasteiger partial charge in [-0.05, 0) is 6.92 Å². The average molecular weight is 193 g/mol. The molecule has 3 aliphatic rings. The van der Waals surface area contributed by atoms with E-state index in [4.69, 9.17) is 4.74 Å². The number of likely N-dealkylation sites (tertiary alicyclic amines) is 1. The Morgan fingerprint density at radius 3 is 2.79 bits per heavy atom. The summed E-state index contributed by atoms with van der Waals surface area (Å²) in [4.78, 5) is 24.7. The second kappa shape index (κ2) is 2.08. The van der Waals surface area contributed by atoms with Gasteiger partial charge in [0, 0.05) is 7.05 Å². The van der Waals surface area contributed by atoms with Crippen LogP contribution in [0.15, 0.2) is 12.2 Å². The van der Waals surface area contributed by atoms with Crippen molar-refractivity contribution in [2.24, 2.45) is 11.8 Å². The van der Waals surface area contributed by atoms with Gasteiger partial charge >= 0.3 is 0 Å². The van der Waals surface area contributed by atoms with Crippen molar-refractivity contribution in [1.82, 2.24) is 4.90 Å². The molecule has 2 amide bonds. The number of carbonyl (C=O) groups excluding carboxylic acids is 2. The number of carbonyl (C=O) groups is 2. The molecule has 3 aliphatic heterocycles. The molecular weight excluding hydrogens is 182 g/mol. The molecule has 0 spiro atoms. The molecule has 0 saturated carbocycles. The molecule has 74 valence electrons. The Labute approximate surface area is 81.5 Å². The smallest absolute Gasteiger partial charge is 0.236 e. The molecule has 0 N–H and O–H groups in total. The summed E-state index contributed by atoms with van der Waals surface area (Å²) in [5.74, 6) is -0.773. The van der Waals surface area contributed by atoms with Crippen LogP contribution in [0.25, 0.3) is 0 Å². The van der Waals surface area contributed by atoms with Crippen LogP contribution < -0.4 is 0 Å². The molecule has 0 aromatic rings. The van der Waals surface area contributed by atoms with Crippen LogP contribution in [0.5, 0.6) is 0 Å². The predicted molar refractivity (Wildman–Crippen MR) is 47.2 cm³/mol. The van der Waals surface area contributed by atoms with Crippen LogP contribution in [-0.2, 0) is 14.3 Å². The molecule has 0 aliphatic carbocycles. The van der Waals surface area contributed by atoms with E-state index in [1.165, 1.54) is 4.90 Å². The van der Waals surface area contributed by atoms with Crippen molar-refractivity contribution in [2.45, 2.75) is 18.6 Å².